The van der Waals surface area contributed by atoms with Crippen molar-refractivity contribution in [3.63, 3.8) is 0 Å². The molecule has 1 N–H and O–H groups in total. The van der Waals surface area contributed by atoms with Gasteiger partial charge in [0.25, 0.3) is 0 Å². The van der Waals surface area contributed by atoms with Crippen LogP contribution < -0.4 is 15.0 Å². The van der Waals surface area contributed by atoms with E-state index in [1.807, 2.05) is 91.0 Å². The van der Waals surface area contributed by atoms with Crippen LogP contribution in [-0.4, -0.2) is 24.5 Å². The minimum atomic E-state index is -1.25. The van der Waals surface area contributed by atoms with Gasteiger partial charge in [0, 0.05) is 5.69 Å². The van der Waals surface area contributed by atoms with Crippen molar-refractivity contribution in [1.29, 1.82) is 0 Å². The number of nitrogens with one attached hydrogen (secondary N) is 1. The molecule has 1 saturated carbocycles. The number of ether oxygens (including phenoxy) is 1. The lowest BCUT2D eigenvalue weighted by Crippen LogP contribution is -2.65. The number of halogens is 1. The first kappa shape index (κ1) is 29.0. The second kappa shape index (κ2) is 12.5. The van der Waals surface area contributed by atoms with Gasteiger partial charge < -0.3 is 10.1 Å². The Hall–Kier alpha value is -4.53. The van der Waals surface area contributed by atoms with Crippen molar-refractivity contribution >= 4 is 29.1 Å². The Bertz CT molecular complexity index is 1480. The normalized spacial score (nSPS) is 14.3. The molecular formula is C36H33ClN2O3. The zero-order valence-electron chi connectivity index (χ0n) is 23.6. The van der Waals surface area contributed by atoms with Gasteiger partial charge in [-0.3, -0.25) is 14.5 Å². The van der Waals surface area contributed by atoms with Crippen LogP contribution in [0, 0.1) is 12.3 Å². The van der Waals surface area contributed by atoms with Gasteiger partial charge in [-0.15, -0.1) is 6.42 Å². The van der Waals surface area contributed by atoms with Crippen LogP contribution in [0.1, 0.15) is 48.8 Å². The van der Waals surface area contributed by atoms with E-state index in [0.29, 0.717) is 29.3 Å². The zero-order chi connectivity index (χ0) is 29.6. The number of terminal acetylenes is 1. The third-order valence-electron chi connectivity index (χ3n) is 8.17. The smallest absolute Gasteiger partial charge is 0.303 e. The molecule has 0 aromatic heterocycles. The maximum atomic E-state index is 15.1. The van der Waals surface area contributed by atoms with Crippen LogP contribution in [0.2, 0.25) is 5.02 Å². The molecule has 6 heteroatoms. The molecule has 0 unspecified atom stereocenters. The Morgan fingerprint density at radius 3 is 1.76 bits per heavy atom. The van der Waals surface area contributed by atoms with E-state index in [9.17, 15) is 4.79 Å². The predicted octanol–water partition coefficient (Wildman–Crippen LogP) is 7.13. The fourth-order valence-corrected chi connectivity index (χ4v) is 6.43. The predicted molar refractivity (Wildman–Crippen MR) is 167 cm³/mol. The lowest BCUT2D eigenvalue weighted by molar-refractivity contribution is -0.131. The molecule has 5 rings (SSSR count). The van der Waals surface area contributed by atoms with Crippen LogP contribution in [0.4, 0.5) is 5.69 Å². The largest absolute Gasteiger partial charge is 0.495 e. The fraction of sp³-hybridized carbons (Fsp3) is 0.222. The molecule has 1 aliphatic carbocycles. The highest BCUT2D eigenvalue weighted by Crippen LogP contribution is 2.43. The number of carbonyl (C=O) groups is 2. The third-order valence-corrected chi connectivity index (χ3v) is 8.47. The molecule has 0 saturated heterocycles. The van der Waals surface area contributed by atoms with E-state index in [4.69, 9.17) is 22.8 Å². The lowest BCUT2D eigenvalue weighted by Gasteiger charge is -2.47. The van der Waals surface area contributed by atoms with Gasteiger partial charge in [0.1, 0.15) is 16.8 Å². The second-order valence-corrected chi connectivity index (χ2v) is 10.9. The van der Waals surface area contributed by atoms with Gasteiger partial charge in [0.05, 0.1) is 12.1 Å². The molecule has 42 heavy (non-hydrogen) atoms. The van der Waals surface area contributed by atoms with E-state index in [1.54, 1.807) is 18.2 Å². The molecule has 0 atom stereocenters. The van der Waals surface area contributed by atoms with Crippen LogP contribution in [0.15, 0.2) is 109 Å². The number of carbonyl (C=O) groups excluding carboxylic acids is 2. The Kier molecular flexibility index (Phi) is 8.66. The molecule has 0 aliphatic heterocycles. The number of rotatable bonds is 8. The summed E-state index contributed by atoms with van der Waals surface area (Å²) < 4.78 is 5.34. The molecule has 0 spiro atoms. The topological polar surface area (TPSA) is 58.6 Å². The third kappa shape index (κ3) is 5.26. The summed E-state index contributed by atoms with van der Waals surface area (Å²) in [6.07, 6.45) is 9.12. The van der Waals surface area contributed by atoms with E-state index in [1.165, 1.54) is 12.0 Å². The van der Waals surface area contributed by atoms with Crippen LogP contribution in [-0.2, 0) is 15.1 Å². The Labute approximate surface area is 252 Å². The maximum absolute atomic E-state index is 15.1. The van der Waals surface area contributed by atoms with E-state index in [0.717, 1.165) is 36.0 Å². The van der Waals surface area contributed by atoms with Gasteiger partial charge in [-0.1, -0.05) is 122 Å². The summed E-state index contributed by atoms with van der Waals surface area (Å²) in [4.78, 5) is 30.1. The maximum Gasteiger partial charge on any atom is 0.303 e. The number of hydrogen-bond donors (Lipinski definition) is 1. The van der Waals surface area contributed by atoms with Gasteiger partial charge in [-0.05, 0) is 53.7 Å². The molecule has 0 heterocycles. The minimum Gasteiger partial charge on any atom is -0.495 e. The molecule has 2 amide bonds. The number of anilines is 1. The van der Waals surface area contributed by atoms with E-state index in [2.05, 4.69) is 11.2 Å². The van der Waals surface area contributed by atoms with Gasteiger partial charge in [0.2, 0.25) is 5.91 Å². The van der Waals surface area contributed by atoms with Crippen LogP contribution >= 0.6 is 11.6 Å². The minimum absolute atomic E-state index is 0.283. The van der Waals surface area contributed by atoms with E-state index < -0.39 is 17.0 Å². The van der Waals surface area contributed by atoms with E-state index in [-0.39, 0.29) is 5.91 Å². The number of benzene rings is 4. The van der Waals surface area contributed by atoms with Crippen LogP contribution in [0.5, 0.6) is 5.75 Å². The van der Waals surface area contributed by atoms with Crippen molar-refractivity contribution in [2.75, 3.05) is 12.0 Å². The highest BCUT2D eigenvalue weighted by molar-refractivity contribution is 6.32. The Morgan fingerprint density at radius 1 is 0.833 bits per heavy atom. The molecule has 4 aromatic rings. The first-order chi connectivity index (χ1) is 20.5. The number of methoxy groups -OCH3 is 1. The van der Waals surface area contributed by atoms with Gasteiger partial charge in [-0.2, -0.15) is 0 Å². The molecule has 1 aliphatic rings. The van der Waals surface area contributed by atoms with Crippen LogP contribution in [0.25, 0.3) is 0 Å². The highest BCUT2D eigenvalue weighted by Gasteiger charge is 2.51. The van der Waals surface area contributed by atoms with E-state index >= 15 is 4.79 Å². The van der Waals surface area contributed by atoms with Crippen molar-refractivity contribution in [3.8, 4) is 18.1 Å². The quantitative estimate of drug-likeness (QED) is 0.179. The standard InChI is InChI=1S/C36H33ClN2O3/c1-3-33(40)39(30-22-23-32(42-2)31(37)26-30)35(24-14-7-15-25-35)34(41)38-36(27-16-8-4-9-17-27,28-18-10-5-11-19-28)29-20-12-6-13-21-29/h1,4-6,8-13,16-23,26H,7,14-15,24-25H2,2H3,(H,38,41). The molecule has 4 aromatic carbocycles. The summed E-state index contributed by atoms with van der Waals surface area (Å²) in [7, 11) is 1.53. The van der Waals surface area contributed by atoms with Crippen molar-refractivity contribution in [1.82, 2.24) is 5.32 Å². The average molecular weight is 577 g/mol. The molecule has 212 valence electrons. The summed E-state index contributed by atoms with van der Waals surface area (Å²) in [5.74, 6) is 1.86. The number of hydrogen-bond acceptors (Lipinski definition) is 3. The van der Waals surface area contributed by atoms with Gasteiger partial charge in [-0.25, -0.2) is 0 Å². The summed E-state index contributed by atoms with van der Waals surface area (Å²) in [5, 5.41) is 3.82. The van der Waals surface area contributed by atoms with Gasteiger partial charge >= 0.3 is 5.91 Å². The Morgan fingerprint density at radius 2 is 1.33 bits per heavy atom. The number of amides is 2. The molecule has 0 radical (unpaired) electrons. The van der Waals surface area contributed by atoms with Crippen molar-refractivity contribution in [2.45, 2.75) is 43.2 Å². The summed E-state index contributed by atoms with van der Waals surface area (Å²) in [5.41, 5.74) is 0.833. The number of nitrogens with zero attached hydrogens (tertiary/aromatic N) is 1. The lowest BCUT2D eigenvalue weighted by atomic mass is 9.74. The summed E-state index contributed by atoms with van der Waals surface area (Å²) >= 11 is 6.52. The van der Waals surface area contributed by atoms with Crippen LogP contribution in [0.3, 0.4) is 0 Å². The average Bonchev–Trinajstić information content (AvgIpc) is 3.05. The van der Waals surface area contributed by atoms with Gasteiger partial charge in [0.15, 0.2) is 0 Å². The molecule has 1 fully saturated rings. The van der Waals surface area contributed by atoms with Crippen molar-refractivity contribution < 1.29 is 14.3 Å². The Balaban J connectivity index is 1.72. The monoisotopic (exact) mass is 576 g/mol. The molecule has 0 bridgehead atoms. The first-order valence-corrected chi connectivity index (χ1v) is 14.5. The SMILES string of the molecule is C#CC(=O)N(c1ccc(OC)c(Cl)c1)C1(C(=O)NC(c2ccccc2)(c2ccccc2)c2ccccc2)CCCCC1. The van der Waals surface area contributed by atoms with Crippen molar-refractivity contribution in [3.05, 3.63) is 131 Å². The first-order valence-electron chi connectivity index (χ1n) is 14.1. The summed E-state index contributed by atoms with van der Waals surface area (Å²) in [6, 6.07) is 34.8. The molecular weight excluding hydrogens is 544 g/mol. The fourth-order valence-electron chi connectivity index (χ4n) is 6.17. The second-order valence-electron chi connectivity index (χ2n) is 10.5. The summed E-state index contributed by atoms with van der Waals surface area (Å²) in [6.45, 7) is 0. The highest BCUT2D eigenvalue weighted by atomic mass is 35.5. The van der Waals surface area contributed by atoms with Crippen molar-refractivity contribution in [2.24, 2.45) is 0 Å². The molecule has 5 nitrogen and oxygen atoms in total. The zero-order valence-corrected chi connectivity index (χ0v) is 24.3.